The van der Waals surface area contributed by atoms with E-state index < -0.39 is 6.04 Å². The van der Waals surface area contributed by atoms with Gasteiger partial charge in [-0.1, -0.05) is 6.07 Å². The van der Waals surface area contributed by atoms with Crippen molar-refractivity contribution in [1.29, 1.82) is 0 Å². The lowest BCUT2D eigenvalue weighted by Crippen LogP contribution is -2.16. The molecule has 1 rings (SSSR count). The predicted octanol–water partition coefficient (Wildman–Crippen LogP) is 1.22. The molecule has 0 aromatic heterocycles. The number of aliphatic hydroxyl groups is 1. The van der Waals surface area contributed by atoms with E-state index in [1.807, 2.05) is 25.1 Å². The van der Waals surface area contributed by atoms with Gasteiger partial charge < -0.3 is 20.3 Å². The monoisotopic (exact) mass is 225 g/mol. The Labute approximate surface area is 96.0 Å². The summed E-state index contributed by atoms with van der Waals surface area (Å²) in [5.41, 5.74) is 7.66. The third kappa shape index (κ3) is 3.20. The van der Waals surface area contributed by atoms with Gasteiger partial charge >= 0.3 is 0 Å². The van der Waals surface area contributed by atoms with Crippen molar-refractivity contribution in [3.63, 3.8) is 0 Å². The Morgan fingerprint density at radius 3 is 2.75 bits per heavy atom. The molecule has 0 fully saturated rings. The predicted molar refractivity (Wildman–Crippen MR) is 62.3 cm³/mol. The normalized spacial score (nSPS) is 12.5. The molecule has 0 aliphatic rings. The molecule has 0 bridgehead atoms. The minimum Gasteiger partial charge on any atom is -0.494 e. The number of methoxy groups -OCH3 is 1. The van der Waals surface area contributed by atoms with Crippen molar-refractivity contribution < 1.29 is 14.6 Å². The summed E-state index contributed by atoms with van der Waals surface area (Å²) >= 11 is 0. The number of nitrogens with two attached hydrogens (primary N) is 1. The topological polar surface area (TPSA) is 64.7 Å². The maximum absolute atomic E-state index is 9.09. The number of hydrogen-bond acceptors (Lipinski definition) is 4. The van der Waals surface area contributed by atoms with E-state index in [-0.39, 0.29) is 6.61 Å². The maximum Gasteiger partial charge on any atom is 0.124 e. The quantitative estimate of drug-likeness (QED) is 0.764. The van der Waals surface area contributed by atoms with Gasteiger partial charge in [-0.15, -0.1) is 0 Å². The van der Waals surface area contributed by atoms with Crippen LogP contribution in [0.1, 0.15) is 24.1 Å². The molecule has 4 nitrogen and oxygen atoms in total. The highest BCUT2D eigenvalue weighted by molar-refractivity contribution is 5.39. The minimum atomic E-state index is -0.418. The van der Waals surface area contributed by atoms with Crippen LogP contribution in [0.5, 0.6) is 5.75 Å². The molecule has 0 aliphatic carbocycles. The van der Waals surface area contributed by atoms with E-state index in [9.17, 15) is 0 Å². The lowest BCUT2D eigenvalue weighted by molar-refractivity contribution is 0.184. The Morgan fingerprint density at radius 2 is 2.19 bits per heavy atom. The average molecular weight is 225 g/mol. The van der Waals surface area contributed by atoms with Crippen LogP contribution < -0.4 is 10.5 Å². The van der Waals surface area contributed by atoms with Crippen molar-refractivity contribution in [2.45, 2.75) is 19.6 Å². The first-order valence-electron chi connectivity index (χ1n) is 5.33. The van der Waals surface area contributed by atoms with Gasteiger partial charge in [0.1, 0.15) is 5.75 Å². The van der Waals surface area contributed by atoms with Crippen molar-refractivity contribution in [2.24, 2.45) is 5.73 Å². The minimum absolute atomic E-state index is 0.101. The number of aliphatic hydroxyl groups excluding tert-OH is 1. The van der Waals surface area contributed by atoms with E-state index in [0.717, 1.165) is 16.9 Å². The molecule has 1 atom stereocenters. The molecular weight excluding hydrogens is 206 g/mol. The smallest absolute Gasteiger partial charge is 0.124 e. The van der Waals surface area contributed by atoms with Crippen molar-refractivity contribution in [1.82, 2.24) is 0 Å². The molecule has 16 heavy (non-hydrogen) atoms. The van der Waals surface area contributed by atoms with Gasteiger partial charge in [-0.3, -0.25) is 0 Å². The van der Waals surface area contributed by atoms with Crippen molar-refractivity contribution >= 4 is 0 Å². The summed E-state index contributed by atoms with van der Waals surface area (Å²) in [6, 6.07) is 5.29. The standard InChI is InChI=1S/C12H19NO3/c1-3-16-12-5-4-9(8-15-2)6-10(12)11(13)7-14/h4-6,11,14H,3,7-8,13H2,1-2H3/t11-/m1/s1. The van der Waals surface area contributed by atoms with E-state index in [2.05, 4.69) is 0 Å². The van der Waals surface area contributed by atoms with Crippen LogP contribution in [0.3, 0.4) is 0 Å². The second-order valence-corrected chi connectivity index (χ2v) is 3.53. The maximum atomic E-state index is 9.09. The Balaban J connectivity index is 3.00. The zero-order valence-electron chi connectivity index (χ0n) is 9.77. The van der Waals surface area contributed by atoms with Gasteiger partial charge in [0, 0.05) is 12.7 Å². The molecule has 0 amide bonds. The highest BCUT2D eigenvalue weighted by Crippen LogP contribution is 2.25. The molecular formula is C12H19NO3. The highest BCUT2D eigenvalue weighted by Gasteiger charge is 2.12. The Kier molecular flexibility index (Phi) is 5.25. The molecule has 3 N–H and O–H groups in total. The van der Waals surface area contributed by atoms with Gasteiger partial charge in [0.15, 0.2) is 0 Å². The number of benzene rings is 1. The van der Waals surface area contributed by atoms with Crippen molar-refractivity contribution in [3.8, 4) is 5.75 Å². The molecule has 0 saturated carbocycles. The summed E-state index contributed by atoms with van der Waals surface area (Å²) in [6.45, 7) is 2.92. The average Bonchev–Trinajstić information content (AvgIpc) is 2.31. The van der Waals surface area contributed by atoms with Crippen LogP contribution in [0.4, 0.5) is 0 Å². The Hall–Kier alpha value is -1.10. The summed E-state index contributed by atoms with van der Waals surface area (Å²) in [5.74, 6) is 0.726. The van der Waals surface area contributed by atoms with E-state index >= 15 is 0 Å². The zero-order chi connectivity index (χ0) is 12.0. The third-order valence-electron chi connectivity index (χ3n) is 2.28. The van der Waals surface area contributed by atoms with Crippen molar-refractivity contribution in [2.75, 3.05) is 20.3 Å². The third-order valence-corrected chi connectivity index (χ3v) is 2.28. The first kappa shape index (κ1) is 13.0. The lowest BCUT2D eigenvalue weighted by Gasteiger charge is -2.16. The zero-order valence-corrected chi connectivity index (χ0v) is 9.77. The molecule has 4 heteroatoms. The van der Waals surface area contributed by atoms with Gasteiger partial charge in [-0.2, -0.15) is 0 Å². The van der Waals surface area contributed by atoms with E-state index in [0.29, 0.717) is 13.2 Å². The molecule has 1 aromatic rings. The summed E-state index contributed by atoms with van der Waals surface area (Å²) in [7, 11) is 1.64. The molecule has 0 spiro atoms. The fourth-order valence-electron chi connectivity index (χ4n) is 1.53. The van der Waals surface area contributed by atoms with Crippen LogP contribution in [0, 0.1) is 0 Å². The molecule has 0 saturated heterocycles. The number of ether oxygens (including phenoxy) is 2. The fraction of sp³-hybridized carbons (Fsp3) is 0.500. The van der Waals surface area contributed by atoms with Crippen LogP contribution in [0.2, 0.25) is 0 Å². The molecule has 0 heterocycles. The van der Waals surface area contributed by atoms with Gasteiger partial charge in [0.25, 0.3) is 0 Å². The second-order valence-electron chi connectivity index (χ2n) is 3.53. The first-order valence-corrected chi connectivity index (χ1v) is 5.33. The second kappa shape index (κ2) is 6.48. The fourth-order valence-corrected chi connectivity index (χ4v) is 1.53. The first-order chi connectivity index (χ1) is 7.72. The van der Waals surface area contributed by atoms with Gasteiger partial charge in [0.2, 0.25) is 0 Å². The summed E-state index contributed by atoms with van der Waals surface area (Å²) < 4.78 is 10.5. The van der Waals surface area contributed by atoms with Crippen LogP contribution in [-0.2, 0) is 11.3 Å². The van der Waals surface area contributed by atoms with Crippen LogP contribution in [-0.4, -0.2) is 25.4 Å². The van der Waals surface area contributed by atoms with Crippen LogP contribution >= 0.6 is 0 Å². The Bertz CT molecular complexity index is 328. The van der Waals surface area contributed by atoms with E-state index in [1.165, 1.54) is 0 Å². The molecule has 90 valence electrons. The SMILES string of the molecule is CCOc1ccc(COC)cc1[C@H](N)CO. The van der Waals surface area contributed by atoms with Gasteiger partial charge in [0.05, 0.1) is 25.9 Å². The molecule has 0 aliphatic heterocycles. The molecule has 0 unspecified atom stereocenters. The number of rotatable bonds is 6. The van der Waals surface area contributed by atoms with Crippen LogP contribution in [0.15, 0.2) is 18.2 Å². The molecule has 1 aromatic carbocycles. The van der Waals surface area contributed by atoms with Crippen molar-refractivity contribution in [3.05, 3.63) is 29.3 Å². The lowest BCUT2D eigenvalue weighted by atomic mass is 10.0. The van der Waals surface area contributed by atoms with Crippen LogP contribution in [0.25, 0.3) is 0 Å². The van der Waals surface area contributed by atoms with Gasteiger partial charge in [-0.25, -0.2) is 0 Å². The van der Waals surface area contributed by atoms with E-state index in [1.54, 1.807) is 7.11 Å². The summed E-state index contributed by atoms with van der Waals surface area (Å²) in [6.07, 6.45) is 0. The largest absolute Gasteiger partial charge is 0.494 e. The summed E-state index contributed by atoms with van der Waals surface area (Å²) in [5, 5.41) is 9.09. The number of hydrogen-bond donors (Lipinski definition) is 2. The Morgan fingerprint density at radius 1 is 1.44 bits per heavy atom. The van der Waals surface area contributed by atoms with Gasteiger partial charge in [-0.05, 0) is 24.6 Å². The summed E-state index contributed by atoms with van der Waals surface area (Å²) in [4.78, 5) is 0. The molecule has 0 radical (unpaired) electrons. The highest BCUT2D eigenvalue weighted by atomic mass is 16.5. The van der Waals surface area contributed by atoms with E-state index in [4.69, 9.17) is 20.3 Å².